The van der Waals surface area contributed by atoms with Crippen molar-refractivity contribution in [2.75, 3.05) is 6.61 Å². The maximum absolute atomic E-state index is 15.4. The molecule has 0 saturated carbocycles. The van der Waals surface area contributed by atoms with E-state index < -0.39 is 42.0 Å². The minimum atomic E-state index is -2.49. The van der Waals surface area contributed by atoms with E-state index in [2.05, 4.69) is 10.7 Å². The van der Waals surface area contributed by atoms with Crippen molar-refractivity contribution in [2.45, 2.75) is 44.9 Å². The third kappa shape index (κ3) is 3.07. The molecule has 1 aromatic rings. The average Bonchev–Trinajstić information content (AvgIpc) is 2.73. The van der Waals surface area contributed by atoms with Crippen LogP contribution in [-0.4, -0.2) is 44.2 Å². The Balaban J connectivity index is 2.63. The molecule has 8 heteroatoms. The first-order valence-corrected chi connectivity index (χ1v) is 7.07. The number of aryl methyl sites for hydroxylation is 1. The first kappa shape index (κ1) is 17.4. The van der Waals surface area contributed by atoms with E-state index >= 15 is 4.39 Å². The molecule has 1 aliphatic rings. The van der Waals surface area contributed by atoms with Crippen LogP contribution in [0.1, 0.15) is 25.6 Å². The van der Waals surface area contributed by atoms with Gasteiger partial charge in [0, 0.05) is 17.8 Å². The summed E-state index contributed by atoms with van der Waals surface area (Å²) in [6.07, 6.45) is -2.30. The maximum atomic E-state index is 15.4. The van der Waals surface area contributed by atoms with Gasteiger partial charge in [-0.1, -0.05) is 0 Å². The number of rotatable bonds is 3. The van der Waals surface area contributed by atoms with E-state index in [-0.39, 0.29) is 5.56 Å². The quantitative estimate of drug-likeness (QED) is 0.674. The number of nitrogens with zero attached hydrogens (tertiary/aromatic N) is 1. The first-order chi connectivity index (χ1) is 10.7. The summed E-state index contributed by atoms with van der Waals surface area (Å²) >= 11 is 0. The van der Waals surface area contributed by atoms with E-state index in [9.17, 15) is 19.8 Å². The second kappa shape index (κ2) is 6.25. The minimum absolute atomic E-state index is 0.184. The third-order valence-electron chi connectivity index (χ3n) is 3.65. The predicted molar refractivity (Wildman–Crippen MR) is 79.8 cm³/mol. The Hall–Kier alpha value is -1.99. The van der Waals surface area contributed by atoms with Crippen LogP contribution < -0.4 is 11.2 Å². The highest BCUT2D eigenvalue weighted by molar-refractivity contribution is 5.16. The Morgan fingerprint density at radius 3 is 2.78 bits per heavy atom. The van der Waals surface area contributed by atoms with E-state index in [1.807, 2.05) is 0 Å². The number of nitrogens with one attached hydrogen (secondary N) is 1. The Bertz CT molecular complexity index is 773. The van der Waals surface area contributed by atoms with Crippen molar-refractivity contribution in [3.05, 3.63) is 50.0 Å². The van der Waals surface area contributed by atoms with Gasteiger partial charge in [-0.3, -0.25) is 14.3 Å². The van der Waals surface area contributed by atoms with Gasteiger partial charge >= 0.3 is 5.69 Å². The summed E-state index contributed by atoms with van der Waals surface area (Å²) in [7, 11) is 0. The molecule has 1 saturated heterocycles. The maximum Gasteiger partial charge on any atom is 0.330 e. The molecule has 1 aromatic heterocycles. The molecule has 4 atom stereocenters. The number of alkyl halides is 1. The SMILES string of the molecule is CC(C)=C=C[C@@]1(F)[C@H](O)[C@@H](CO)O[C@H]1n1cc(C)c(=O)[nH]c1=O. The molecular formula is C15H19FN2O5. The molecule has 0 amide bonds. The summed E-state index contributed by atoms with van der Waals surface area (Å²) in [4.78, 5) is 25.5. The van der Waals surface area contributed by atoms with Crippen molar-refractivity contribution in [2.24, 2.45) is 0 Å². The summed E-state index contributed by atoms with van der Waals surface area (Å²) in [5.41, 5.74) is -0.451. The topological polar surface area (TPSA) is 105 Å². The highest BCUT2D eigenvalue weighted by atomic mass is 19.1. The Morgan fingerprint density at radius 1 is 1.57 bits per heavy atom. The lowest BCUT2D eigenvalue weighted by molar-refractivity contribution is -0.0556. The highest BCUT2D eigenvalue weighted by Gasteiger charge is 2.57. The van der Waals surface area contributed by atoms with Gasteiger partial charge in [-0.2, -0.15) is 0 Å². The molecule has 1 aliphatic heterocycles. The van der Waals surface area contributed by atoms with Crippen LogP contribution in [0.15, 0.2) is 33.2 Å². The highest BCUT2D eigenvalue weighted by Crippen LogP contribution is 2.41. The van der Waals surface area contributed by atoms with Crippen molar-refractivity contribution >= 4 is 0 Å². The average molecular weight is 326 g/mol. The number of aliphatic hydroxyl groups excluding tert-OH is 2. The molecule has 2 heterocycles. The lowest BCUT2D eigenvalue weighted by Gasteiger charge is -2.25. The van der Waals surface area contributed by atoms with Gasteiger partial charge in [0.25, 0.3) is 5.56 Å². The third-order valence-corrected chi connectivity index (χ3v) is 3.65. The van der Waals surface area contributed by atoms with Crippen LogP contribution in [0.4, 0.5) is 4.39 Å². The lowest BCUT2D eigenvalue weighted by Crippen LogP contribution is -2.44. The van der Waals surface area contributed by atoms with Gasteiger partial charge in [-0.25, -0.2) is 9.18 Å². The van der Waals surface area contributed by atoms with Gasteiger partial charge in [0.1, 0.15) is 12.2 Å². The number of hydrogen-bond acceptors (Lipinski definition) is 5. The molecule has 0 bridgehead atoms. The second-order valence-electron chi connectivity index (χ2n) is 5.75. The fraction of sp³-hybridized carbons (Fsp3) is 0.533. The zero-order valence-electron chi connectivity index (χ0n) is 13.0. The van der Waals surface area contributed by atoms with Crippen LogP contribution in [0, 0.1) is 6.92 Å². The molecule has 7 nitrogen and oxygen atoms in total. The lowest BCUT2D eigenvalue weighted by atomic mass is 9.95. The molecule has 126 valence electrons. The van der Waals surface area contributed by atoms with Gasteiger partial charge in [0.2, 0.25) is 5.67 Å². The normalized spacial score (nSPS) is 30.1. The van der Waals surface area contributed by atoms with Gasteiger partial charge in [-0.05, 0) is 26.3 Å². The van der Waals surface area contributed by atoms with Crippen molar-refractivity contribution in [1.29, 1.82) is 0 Å². The van der Waals surface area contributed by atoms with E-state index in [0.717, 1.165) is 16.8 Å². The number of halogens is 1. The smallest absolute Gasteiger partial charge is 0.330 e. The molecule has 1 fully saturated rings. The predicted octanol–water partition coefficient (Wildman–Crippen LogP) is -0.0748. The van der Waals surface area contributed by atoms with Gasteiger partial charge in [0.15, 0.2) is 6.23 Å². The van der Waals surface area contributed by atoms with Crippen LogP contribution in [0.5, 0.6) is 0 Å². The number of aromatic nitrogens is 2. The Morgan fingerprint density at radius 2 is 2.22 bits per heavy atom. The Labute approximate surface area is 131 Å². The molecule has 0 radical (unpaired) electrons. The standard InChI is InChI=1S/C15H19FN2O5/c1-8(2)4-5-15(16)11(20)10(7-19)23-13(15)18-6-9(3)12(21)17-14(18)22/h5-6,10-11,13,19-20H,7H2,1-3H3,(H,17,21,22)/t10-,11-,13-,15-/m1/s1. The van der Waals surface area contributed by atoms with Crippen LogP contribution in [-0.2, 0) is 4.74 Å². The van der Waals surface area contributed by atoms with Gasteiger partial charge in [0.05, 0.1) is 6.61 Å². The molecule has 0 unspecified atom stereocenters. The summed E-state index contributed by atoms with van der Waals surface area (Å²) in [6.45, 7) is 4.21. The zero-order valence-corrected chi connectivity index (χ0v) is 13.0. The molecule has 23 heavy (non-hydrogen) atoms. The number of aliphatic hydroxyl groups is 2. The van der Waals surface area contributed by atoms with Crippen LogP contribution in [0.25, 0.3) is 0 Å². The molecule has 3 N–H and O–H groups in total. The minimum Gasteiger partial charge on any atom is -0.394 e. The summed E-state index contributed by atoms with van der Waals surface area (Å²) < 4.78 is 21.6. The molecule has 0 aliphatic carbocycles. The van der Waals surface area contributed by atoms with Gasteiger partial charge in [-0.15, -0.1) is 5.73 Å². The van der Waals surface area contributed by atoms with Crippen LogP contribution in [0.3, 0.4) is 0 Å². The summed E-state index contributed by atoms with van der Waals surface area (Å²) in [6, 6.07) is 0. The number of H-pyrrole nitrogens is 1. The van der Waals surface area contributed by atoms with Crippen LogP contribution >= 0.6 is 0 Å². The zero-order chi connectivity index (χ0) is 17.4. The monoisotopic (exact) mass is 326 g/mol. The van der Waals surface area contributed by atoms with Crippen molar-refractivity contribution in [3.63, 3.8) is 0 Å². The van der Waals surface area contributed by atoms with E-state index in [1.54, 1.807) is 13.8 Å². The summed E-state index contributed by atoms with van der Waals surface area (Å²) in [5, 5.41) is 19.4. The molecule has 0 aromatic carbocycles. The van der Waals surface area contributed by atoms with Crippen molar-refractivity contribution < 1.29 is 19.3 Å². The van der Waals surface area contributed by atoms with E-state index in [0.29, 0.717) is 5.57 Å². The van der Waals surface area contributed by atoms with E-state index in [4.69, 9.17) is 4.74 Å². The first-order valence-electron chi connectivity index (χ1n) is 7.07. The fourth-order valence-corrected chi connectivity index (χ4v) is 2.37. The Kier molecular flexibility index (Phi) is 4.72. The number of hydrogen-bond donors (Lipinski definition) is 3. The fourth-order valence-electron chi connectivity index (χ4n) is 2.37. The second-order valence-corrected chi connectivity index (χ2v) is 5.75. The number of ether oxygens (including phenoxy) is 1. The van der Waals surface area contributed by atoms with E-state index in [1.165, 1.54) is 6.92 Å². The van der Waals surface area contributed by atoms with Crippen molar-refractivity contribution in [1.82, 2.24) is 9.55 Å². The van der Waals surface area contributed by atoms with Gasteiger partial charge < -0.3 is 14.9 Å². The largest absolute Gasteiger partial charge is 0.394 e. The molecule has 0 spiro atoms. The molecular weight excluding hydrogens is 307 g/mol. The van der Waals surface area contributed by atoms with Crippen molar-refractivity contribution in [3.8, 4) is 0 Å². The number of aromatic amines is 1. The molecule has 2 rings (SSSR count). The summed E-state index contributed by atoms with van der Waals surface area (Å²) in [5.74, 6) is 0. The van der Waals surface area contributed by atoms with Crippen LogP contribution in [0.2, 0.25) is 0 Å².